The van der Waals surface area contributed by atoms with Gasteiger partial charge in [0, 0.05) is 16.5 Å². The molecule has 0 heterocycles. The summed E-state index contributed by atoms with van der Waals surface area (Å²) >= 11 is 0. The lowest BCUT2D eigenvalue weighted by Gasteiger charge is -2.45. The standard InChI is InChI=1S/C21H30O3/c1-8-21(22)17(10-9-13-20(21,4)5)16-12-11-15(14(2)3)18(23-6)19(16)24-7/h8,10-12,14,22H,1,9,13H2,2-7H3. The summed E-state index contributed by atoms with van der Waals surface area (Å²) in [6.07, 6.45) is 5.57. The predicted molar refractivity (Wildman–Crippen MR) is 99.8 cm³/mol. The molecular weight excluding hydrogens is 300 g/mol. The molecule has 0 aromatic heterocycles. The maximum atomic E-state index is 11.4. The zero-order chi connectivity index (χ0) is 18.1. The fourth-order valence-corrected chi connectivity index (χ4v) is 3.65. The number of aliphatic hydroxyl groups is 1. The lowest BCUT2D eigenvalue weighted by Crippen LogP contribution is -2.45. The molecule has 1 aromatic carbocycles. The minimum Gasteiger partial charge on any atom is -0.493 e. The Hall–Kier alpha value is -1.74. The third kappa shape index (κ3) is 2.75. The molecule has 0 saturated carbocycles. The van der Waals surface area contributed by atoms with Gasteiger partial charge in [0.05, 0.1) is 14.2 Å². The van der Waals surface area contributed by atoms with Gasteiger partial charge in [-0.3, -0.25) is 0 Å². The van der Waals surface area contributed by atoms with Crippen LogP contribution >= 0.6 is 0 Å². The number of rotatable bonds is 5. The molecule has 24 heavy (non-hydrogen) atoms. The molecule has 1 aromatic rings. The van der Waals surface area contributed by atoms with Crippen molar-refractivity contribution in [2.24, 2.45) is 5.41 Å². The van der Waals surface area contributed by atoms with Crippen LogP contribution in [0.3, 0.4) is 0 Å². The van der Waals surface area contributed by atoms with Gasteiger partial charge in [0.1, 0.15) is 5.60 Å². The maximum absolute atomic E-state index is 11.4. The van der Waals surface area contributed by atoms with E-state index in [1.165, 1.54) is 0 Å². The zero-order valence-corrected chi connectivity index (χ0v) is 15.8. The third-order valence-corrected chi connectivity index (χ3v) is 5.32. The average Bonchev–Trinajstić information content (AvgIpc) is 2.55. The van der Waals surface area contributed by atoms with E-state index in [-0.39, 0.29) is 5.41 Å². The number of allylic oxidation sites excluding steroid dienone is 1. The first-order valence-electron chi connectivity index (χ1n) is 8.55. The molecule has 1 aliphatic rings. The van der Waals surface area contributed by atoms with E-state index in [2.05, 4.69) is 46.4 Å². The van der Waals surface area contributed by atoms with Crippen molar-refractivity contribution in [3.8, 4) is 11.5 Å². The van der Waals surface area contributed by atoms with Crippen molar-refractivity contribution < 1.29 is 14.6 Å². The van der Waals surface area contributed by atoms with Crippen molar-refractivity contribution in [3.05, 3.63) is 42.0 Å². The van der Waals surface area contributed by atoms with Crippen LogP contribution in [0.2, 0.25) is 0 Å². The van der Waals surface area contributed by atoms with Crippen molar-refractivity contribution in [2.45, 2.75) is 52.1 Å². The van der Waals surface area contributed by atoms with Crippen LogP contribution in [0.25, 0.3) is 5.57 Å². The van der Waals surface area contributed by atoms with E-state index in [9.17, 15) is 5.11 Å². The first-order chi connectivity index (χ1) is 11.2. The van der Waals surface area contributed by atoms with Gasteiger partial charge in [0.25, 0.3) is 0 Å². The molecule has 0 fully saturated rings. The number of hydrogen-bond acceptors (Lipinski definition) is 3. The topological polar surface area (TPSA) is 38.7 Å². The summed E-state index contributed by atoms with van der Waals surface area (Å²) < 4.78 is 11.4. The van der Waals surface area contributed by atoms with Crippen LogP contribution < -0.4 is 9.47 Å². The molecule has 2 rings (SSSR count). The second-order valence-corrected chi connectivity index (χ2v) is 7.43. The molecule has 0 bridgehead atoms. The maximum Gasteiger partial charge on any atom is 0.168 e. The summed E-state index contributed by atoms with van der Waals surface area (Å²) in [4.78, 5) is 0. The van der Waals surface area contributed by atoms with Crippen molar-refractivity contribution >= 4 is 5.57 Å². The molecule has 1 aliphatic carbocycles. The van der Waals surface area contributed by atoms with E-state index < -0.39 is 5.60 Å². The van der Waals surface area contributed by atoms with Crippen LogP contribution in [0, 0.1) is 5.41 Å². The first kappa shape index (κ1) is 18.6. The van der Waals surface area contributed by atoms with Gasteiger partial charge in [-0.1, -0.05) is 58.6 Å². The minimum absolute atomic E-state index is 0.298. The minimum atomic E-state index is -1.11. The van der Waals surface area contributed by atoms with Crippen LogP contribution in [-0.4, -0.2) is 24.9 Å². The van der Waals surface area contributed by atoms with Crippen LogP contribution in [0.5, 0.6) is 11.5 Å². The van der Waals surface area contributed by atoms with Crippen LogP contribution in [0.1, 0.15) is 57.6 Å². The highest BCUT2D eigenvalue weighted by Crippen LogP contribution is 2.52. The van der Waals surface area contributed by atoms with Gasteiger partial charge in [-0.15, -0.1) is 0 Å². The smallest absolute Gasteiger partial charge is 0.168 e. The molecule has 3 heteroatoms. The van der Waals surface area contributed by atoms with Crippen LogP contribution in [0.4, 0.5) is 0 Å². The van der Waals surface area contributed by atoms with Gasteiger partial charge in [0.2, 0.25) is 0 Å². The Morgan fingerprint density at radius 3 is 2.29 bits per heavy atom. The quantitative estimate of drug-likeness (QED) is 0.777. The van der Waals surface area contributed by atoms with Crippen LogP contribution in [0.15, 0.2) is 30.9 Å². The van der Waals surface area contributed by atoms with E-state index >= 15 is 0 Å². The molecule has 0 spiro atoms. The highest BCUT2D eigenvalue weighted by atomic mass is 16.5. The Morgan fingerprint density at radius 1 is 1.17 bits per heavy atom. The van der Waals surface area contributed by atoms with E-state index in [0.717, 1.165) is 35.3 Å². The normalized spacial score (nSPS) is 22.9. The fraction of sp³-hybridized carbons (Fsp3) is 0.524. The molecule has 3 nitrogen and oxygen atoms in total. The Morgan fingerprint density at radius 2 is 1.79 bits per heavy atom. The summed E-state index contributed by atoms with van der Waals surface area (Å²) in [5, 5.41) is 11.4. The largest absolute Gasteiger partial charge is 0.493 e. The van der Waals surface area contributed by atoms with Gasteiger partial charge in [-0.25, -0.2) is 0 Å². The van der Waals surface area contributed by atoms with Crippen LogP contribution in [-0.2, 0) is 0 Å². The molecule has 132 valence electrons. The third-order valence-electron chi connectivity index (χ3n) is 5.32. The Labute approximate surface area is 146 Å². The predicted octanol–water partition coefficient (Wildman–Crippen LogP) is 4.95. The van der Waals surface area contributed by atoms with E-state index in [4.69, 9.17) is 9.47 Å². The molecule has 0 saturated heterocycles. The summed E-state index contributed by atoms with van der Waals surface area (Å²) in [6, 6.07) is 4.09. The highest BCUT2D eigenvalue weighted by molar-refractivity contribution is 5.81. The van der Waals surface area contributed by atoms with E-state index in [0.29, 0.717) is 11.7 Å². The number of ether oxygens (including phenoxy) is 2. The Bertz CT molecular complexity index is 655. The van der Waals surface area contributed by atoms with Crippen molar-refractivity contribution in [2.75, 3.05) is 14.2 Å². The van der Waals surface area contributed by atoms with Gasteiger partial charge in [-0.2, -0.15) is 0 Å². The number of hydrogen-bond donors (Lipinski definition) is 1. The molecule has 1 atom stereocenters. The van der Waals surface area contributed by atoms with Gasteiger partial charge < -0.3 is 14.6 Å². The van der Waals surface area contributed by atoms with Crippen molar-refractivity contribution in [1.82, 2.24) is 0 Å². The number of benzene rings is 1. The lowest BCUT2D eigenvalue weighted by molar-refractivity contribution is 0.0173. The lowest BCUT2D eigenvalue weighted by atomic mass is 9.63. The zero-order valence-electron chi connectivity index (χ0n) is 15.8. The van der Waals surface area contributed by atoms with E-state index in [1.807, 2.05) is 6.07 Å². The molecule has 1 N–H and O–H groups in total. The van der Waals surface area contributed by atoms with E-state index in [1.54, 1.807) is 20.3 Å². The highest BCUT2D eigenvalue weighted by Gasteiger charge is 2.47. The van der Waals surface area contributed by atoms with Gasteiger partial charge in [-0.05, 0) is 24.3 Å². The summed E-state index contributed by atoms with van der Waals surface area (Å²) in [5.41, 5.74) is 1.40. The molecular formula is C21H30O3. The Balaban J connectivity index is 2.72. The fourth-order valence-electron chi connectivity index (χ4n) is 3.65. The van der Waals surface area contributed by atoms with Crippen molar-refractivity contribution in [3.63, 3.8) is 0 Å². The molecule has 0 aliphatic heterocycles. The van der Waals surface area contributed by atoms with Gasteiger partial charge >= 0.3 is 0 Å². The second-order valence-electron chi connectivity index (χ2n) is 7.43. The first-order valence-corrected chi connectivity index (χ1v) is 8.55. The van der Waals surface area contributed by atoms with Crippen molar-refractivity contribution in [1.29, 1.82) is 0 Å². The summed E-state index contributed by atoms with van der Waals surface area (Å²) in [5.74, 6) is 1.73. The van der Waals surface area contributed by atoms with Gasteiger partial charge in [0.15, 0.2) is 11.5 Å². The Kier molecular flexibility index (Phi) is 5.14. The second kappa shape index (κ2) is 6.64. The number of methoxy groups -OCH3 is 2. The monoisotopic (exact) mass is 330 g/mol. The molecule has 0 radical (unpaired) electrons. The SMILES string of the molecule is C=CC1(O)C(c2ccc(C(C)C)c(OC)c2OC)=CCCC1(C)C. The molecule has 0 amide bonds. The average molecular weight is 330 g/mol. The summed E-state index contributed by atoms with van der Waals surface area (Å²) in [7, 11) is 3.30. The molecule has 1 unspecified atom stereocenters. The summed E-state index contributed by atoms with van der Waals surface area (Å²) in [6.45, 7) is 12.3.